The number of carbonyl (C=O) groups is 1. The fourth-order valence-electron chi connectivity index (χ4n) is 3.52. The zero-order valence-electron chi connectivity index (χ0n) is 15.1. The molecule has 2 aliphatic rings. The van der Waals surface area contributed by atoms with Crippen molar-refractivity contribution in [1.29, 1.82) is 0 Å². The lowest BCUT2D eigenvalue weighted by Gasteiger charge is -2.22. The Kier molecular flexibility index (Phi) is 4.69. The summed E-state index contributed by atoms with van der Waals surface area (Å²) in [6, 6.07) is 7.54. The number of hydrogen-bond acceptors (Lipinski definition) is 4. The number of amides is 1. The summed E-state index contributed by atoms with van der Waals surface area (Å²) in [6.45, 7) is 3.46. The molecule has 7 heteroatoms. The maximum Gasteiger partial charge on any atom is 0.224 e. The van der Waals surface area contributed by atoms with E-state index in [9.17, 15) is 9.00 Å². The molecule has 1 unspecified atom stereocenters. The zero-order chi connectivity index (χ0) is 18.3. The van der Waals surface area contributed by atoms with Crippen LogP contribution in [0.25, 0.3) is 11.0 Å². The van der Waals surface area contributed by atoms with Crippen LogP contribution < -0.4 is 0 Å². The van der Waals surface area contributed by atoms with Crippen LogP contribution in [0.1, 0.15) is 6.42 Å². The molecule has 1 aromatic heterocycles. The van der Waals surface area contributed by atoms with Crippen LogP contribution in [-0.4, -0.2) is 71.0 Å². The standard InChI is InChI=1S/C19H23N3O3S/c1-20(2)7-5-19(23)21-10-15-12-22(13-16(15)11-21)26(24)17-3-4-18-14(9-17)6-8-25-18/h3-4,6,8-9H,5,7,10-13H2,1-2H3. The molecule has 138 valence electrons. The van der Waals surface area contributed by atoms with Crippen LogP contribution >= 0.6 is 0 Å². The van der Waals surface area contributed by atoms with E-state index in [0.717, 1.165) is 22.4 Å². The monoisotopic (exact) mass is 373 g/mol. The number of carbonyl (C=O) groups excluding carboxylic acids is 1. The summed E-state index contributed by atoms with van der Waals surface area (Å²) >= 11 is 0. The van der Waals surface area contributed by atoms with Gasteiger partial charge in [-0.2, -0.15) is 0 Å². The molecular weight excluding hydrogens is 350 g/mol. The molecule has 6 nitrogen and oxygen atoms in total. The van der Waals surface area contributed by atoms with Gasteiger partial charge in [-0.15, -0.1) is 0 Å². The van der Waals surface area contributed by atoms with Crippen LogP contribution in [0.3, 0.4) is 0 Å². The van der Waals surface area contributed by atoms with Crippen molar-refractivity contribution in [2.24, 2.45) is 0 Å². The molecular formula is C19H23N3O3S. The maximum atomic E-state index is 12.9. The summed E-state index contributed by atoms with van der Waals surface area (Å²) in [7, 11) is 2.75. The highest BCUT2D eigenvalue weighted by atomic mass is 32.2. The summed E-state index contributed by atoms with van der Waals surface area (Å²) in [5.41, 5.74) is 3.31. The van der Waals surface area contributed by atoms with Crippen LogP contribution in [-0.2, 0) is 15.8 Å². The van der Waals surface area contributed by atoms with Crippen LogP contribution in [0, 0.1) is 0 Å². The van der Waals surface area contributed by atoms with Gasteiger partial charge < -0.3 is 14.2 Å². The van der Waals surface area contributed by atoms with Crippen molar-refractivity contribution in [3.8, 4) is 0 Å². The van der Waals surface area contributed by atoms with Gasteiger partial charge in [-0.3, -0.25) is 4.79 Å². The van der Waals surface area contributed by atoms with E-state index in [0.29, 0.717) is 32.6 Å². The Hall–Kier alpha value is -1.96. The third-order valence-electron chi connectivity index (χ3n) is 4.98. The Balaban J connectivity index is 1.37. The topological polar surface area (TPSA) is 57.0 Å². The van der Waals surface area contributed by atoms with Crippen molar-refractivity contribution < 1.29 is 13.4 Å². The second-order valence-electron chi connectivity index (χ2n) is 7.18. The lowest BCUT2D eigenvalue weighted by atomic mass is 10.2. The summed E-state index contributed by atoms with van der Waals surface area (Å²) in [5.74, 6) is 0.200. The average molecular weight is 373 g/mol. The Morgan fingerprint density at radius 3 is 2.58 bits per heavy atom. The zero-order valence-corrected chi connectivity index (χ0v) is 15.9. The van der Waals surface area contributed by atoms with Gasteiger partial charge in [-0.25, -0.2) is 8.51 Å². The number of hydrogen-bond donors (Lipinski definition) is 0. The first kappa shape index (κ1) is 17.5. The first-order chi connectivity index (χ1) is 12.5. The Morgan fingerprint density at radius 1 is 1.15 bits per heavy atom. The summed E-state index contributed by atoms with van der Waals surface area (Å²) in [4.78, 5) is 17.0. The highest BCUT2D eigenvalue weighted by Crippen LogP contribution is 2.29. The van der Waals surface area contributed by atoms with Gasteiger partial charge in [0.2, 0.25) is 5.91 Å². The van der Waals surface area contributed by atoms with Crippen LogP contribution in [0.4, 0.5) is 0 Å². The quantitative estimate of drug-likeness (QED) is 0.751. The van der Waals surface area contributed by atoms with Crippen LogP contribution in [0.15, 0.2) is 51.0 Å². The molecule has 26 heavy (non-hydrogen) atoms. The number of benzene rings is 1. The minimum Gasteiger partial charge on any atom is -0.464 e. The van der Waals surface area contributed by atoms with Gasteiger partial charge in [0.15, 0.2) is 0 Å². The predicted octanol–water partition coefficient (Wildman–Crippen LogP) is 1.86. The van der Waals surface area contributed by atoms with Gasteiger partial charge in [-0.1, -0.05) is 0 Å². The van der Waals surface area contributed by atoms with Gasteiger partial charge in [0, 0.05) is 44.5 Å². The maximum absolute atomic E-state index is 12.9. The van der Waals surface area contributed by atoms with Gasteiger partial charge >= 0.3 is 0 Å². The van der Waals surface area contributed by atoms with E-state index >= 15 is 0 Å². The molecule has 0 saturated carbocycles. The van der Waals surface area contributed by atoms with Gasteiger partial charge in [0.05, 0.1) is 11.2 Å². The number of fused-ring (bicyclic) bond motifs is 1. The lowest BCUT2D eigenvalue weighted by Crippen LogP contribution is -2.35. The normalized spacial score (nSPS) is 19.0. The highest BCUT2D eigenvalue weighted by molar-refractivity contribution is 7.82. The van der Waals surface area contributed by atoms with Crippen molar-refractivity contribution in [2.75, 3.05) is 46.8 Å². The Labute approximate surface area is 155 Å². The Morgan fingerprint density at radius 2 is 1.88 bits per heavy atom. The molecule has 0 radical (unpaired) electrons. The Bertz CT molecular complexity index is 884. The van der Waals surface area contributed by atoms with E-state index in [1.54, 1.807) is 6.26 Å². The lowest BCUT2D eigenvalue weighted by molar-refractivity contribution is -0.130. The van der Waals surface area contributed by atoms with Gasteiger partial charge in [0.1, 0.15) is 16.6 Å². The molecule has 4 rings (SSSR count). The predicted molar refractivity (Wildman–Crippen MR) is 101 cm³/mol. The molecule has 0 N–H and O–H groups in total. The SMILES string of the molecule is CN(C)CCC(=O)N1CC2=C(C1)CN(S(=O)c1ccc3occc3c1)C2. The first-order valence-electron chi connectivity index (χ1n) is 8.77. The van der Waals surface area contributed by atoms with Crippen molar-refractivity contribution >= 4 is 27.9 Å². The molecule has 2 aliphatic heterocycles. The molecule has 1 amide bonds. The third kappa shape index (κ3) is 3.34. The molecule has 2 aromatic rings. The van der Waals surface area contributed by atoms with E-state index in [1.165, 1.54) is 11.1 Å². The fraction of sp³-hybridized carbons (Fsp3) is 0.421. The van der Waals surface area contributed by atoms with Crippen molar-refractivity contribution in [3.63, 3.8) is 0 Å². The molecule has 1 atom stereocenters. The number of nitrogens with zero attached hydrogens (tertiary/aromatic N) is 3. The smallest absolute Gasteiger partial charge is 0.224 e. The van der Waals surface area contributed by atoms with E-state index < -0.39 is 11.0 Å². The molecule has 0 bridgehead atoms. The van der Waals surface area contributed by atoms with E-state index in [4.69, 9.17) is 4.42 Å². The summed E-state index contributed by atoms with van der Waals surface area (Å²) < 4.78 is 20.3. The number of furan rings is 1. The molecule has 1 aromatic carbocycles. The highest BCUT2D eigenvalue weighted by Gasteiger charge is 2.34. The van der Waals surface area contributed by atoms with Crippen molar-refractivity contribution in [1.82, 2.24) is 14.1 Å². The summed E-state index contributed by atoms with van der Waals surface area (Å²) in [5, 5.41) is 0.966. The first-order valence-corrected chi connectivity index (χ1v) is 9.88. The fourth-order valence-corrected chi connectivity index (χ4v) is 4.78. The van der Waals surface area contributed by atoms with E-state index in [1.807, 2.05) is 52.5 Å². The van der Waals surface area contributed by atoms with Crippen molar-refractivity contribution in [3.05, 3.63) is 41.7 Å². The number of rotatable bonds is 5. The molecule has 0 spiro atoms. The van der Waals surface area contributed by atoms with Gasteiger partial charge in [0.25, 0.3) is 0 Å². The molecule has 0 saturated heterocycles. The van der Waals surface area contributed by atoms with Gasteiger partial charge in [-0.05, 0) is 49.5 Å². The second-order valence-corrected chi connectivity index (χ2v) is 8.66. The average Bonchev–Trinajstić information content (AvgIpc) is 3.31. The largest absolute Gasteiger partial charge is 0.464 e. The molecule has 0 aliphatic carbocycles. The van der Waals surface area contributed by atoms with E-state index in [-0.39, 0.29) is 5.91 Å². The van der Waals surface area contributed by atoms with Crippen molar-refractivity contribution in [2.45, 2.75) is 11.3 Å². The van der Waals surface area contributed by atoms with Crippen LogP contribution in [0.2, 0.25) is 0 Å². The summed E-state index contributed by atoms with van der Waals surface area (Å²) in [6.07, 6.45) is 2.19. The molecule has 0 fully saturated rings. The van der Waals surface area contributed by atoms with E-state index in [2.05, 4.69) is 0 Å². The minimum atomic E-state index is -1.20. The van der Waals surface area contributed by atoms with Crippen LogP contribution in [0.5, 0.6) is 0 Å². The molecule has 3 heterocycles. The third-order valence-corrected chi connectivity index (χ3v) is 6.37. The second kappa shape index (κ2) is 6.98. The minimum absolute atomic E-state index is 0.200.